The van der Waals surface area contributed by atoms with E-state index in [0.29, 0.717) is 23.4 Å². The molecule has 0 saturated heterocycles. The molecule has 1 N–H and O–H groups in total. The lowest BCUT2D eigenvalue weighted by Crippen LogP contribution is -2.34. The third-order valence-corrected chi connectivity index (χ3v) is 2.81. The van der Waals surface area contributed by atoms with Gasteiger partial charge in [-0.15, -0.1) is 0 Å². The maximum absolute atomic E-state index is 13.3. The molecule has 0 radical (unpaired) electrons. The van der Waals surface area contributed by atoms with Crippen LogP contribution in [0.15, 0.2) is 22.7 Å². The summed E-state index contributed by atoms with van der Waals surface area (Å²) in [6, 6.07) is 4.71. The minimum Gasteiger partial charge on any atom is -0.487 e. The van der Waals surface area contributed by atoms with E-state index in [1.807, 2.05) is 6.92 Å². The molecule has 0 amide bonds. The van der Waals surface area contributed by atoms with Crippen molar-refractivity contribution in [2.24, 2.45) is 0 Å². The maximum atomic E-state index is 13.3. The Labute approximate surface area is 109 Å². The number of methoxy groups -OCH3 is 1. The van der Waals surface area contributed by atoms with Gasteiger partial charge in [0.05, 0.1) is 11.1 Å². The van der Waals surface area contributed by atoms with E-state index in [0.717, 1.165) is 6.54 Å². The van der Waals surface area contributed by atoms with Gasteiger partial charge >= 0.3 is 0 Å². The van der Waals surface area contributed by atoms with E-state index < -0.39 is 0 Å². The second kappa shape index (κ2) is 7.63. The number of nitrogens with one attached hydrogen (secondary N) is 1. The number of halogens is 2. The van der Waals surface area contributed by atoms with E-state index in [9.17, 15) is 4.39 Å². The second-order valence-corrected chi connectivity index (χ2v) is 4.43. The zero-order valence-electron chi connectivity index (χ0n) is 10.0. The molecule has 0 aromatic heterocycles. The number of hydrogen-bond acceptors (Lipinski definition) is 3. The van der Waals surface area contributed by atoms with Crippen molar-refractivity contribution in [3.8, 4) is 5.75 Å². The predicted molar refractivity (Wildman–Crippen MR) is 68.9 cm³/mol. The lowest BCUT2D eigenvalue weighted by Gasteiger charge is -2.18. The molecule has 3 nitrogen and oxygen atoms in total. The van der Waals surface area contributed by atoms with Gasteiger partial charge in [0.2, 0.25) is 0 Å². The Balaban J connectivity index is 2.61. The van der Waals surface area contributed by atoms with Crippen LogP contribution in [-0.2, 0) is 4.74 Å². The summed E-state index contributed by atoms with van der Waals surface area (Å²) < 4.78 is 24.4. The largest absolute Gasteiger partial charge is 0.487 e. The van der Waals surface area contributed by atoms with E-state index in [1.165, 1.54) is 6.07 Å². The summed E-state index contributed by atoms with van der Waals surface area (Å²) in [4.78, 5) is 0. The van der Waals surface area contributed by atoms with Gasteiger partial charge in [0, 0.05) is 19.7 Å². The van der Waals surface area contributed by atoms with Gasteiger partial charge in [-0.3, -0.25) is 0 Å². The quantitative estimate of drug-likeness (QED) is 0.840. The van der Waals surface area contributed by atoms with Gasteiger partial charge < -0.3 is 14.8 Å². The van der Waals surface area contributed by atoms with Gasteiger partial charge in [-0.05, 0) is 34.6 Å². The molecule has 0 aliphatic carbocycles. The van der Waals surface area contributed by atoms with Crippen LogP contribution in [-0.4, -0.2) is 32.9 Å². The average Bonchev–Trinajstić information content (AvgIpc) is 2.31. The Morgan fingerprint density at radius 3 is 2.82 bits per heavy atom. The lowest BCUT2D eigenvalue weighted by molar-refractivity contribution is 0.0807. The van der Waals surface area contributed by atoms with Gasteiger partial charge in [-0.1, -0.05) is 6.92 Å². The van der Waals surface area contributed by atoms with Gasteiger partial charge in [0.25, 0.3) is 0 Å². The van der Waals surface area contributed by atoms with Gasteiger partial charge in [0.1, 0.15) is 17.7 Å². The molecule has 0 bridgehead atoms. The van der Waals surface area contributed by atoms with Gasteiger partial charge in [-0.2, -0.15) is 0 Å². The van der Waals surface area contributed by atoms with Crippen molar-refractivity contribution in [1.29, 1.82) is 0 Å². The Hall–Kier alpha value is -0.650. The summed E-state index contributed by atoms with van der Waals surface area (Å²) in [5.74, 6) is 0.174. The smallest absolute Gasteiger partial charge is 0.141 e. The molecule has 1 aromatic carbocycles. The summed E-state index contributed by atoms with van der Waals surface area (Å²) in [7, 11) is 1.62. The van der Waals surface area contributed by atoms with Gasteiger partial charge in [0.15, 0.2) is 0 Å². The van der Waals surface area contributed by atoms with E-state index in [1.54, 1.807) is 19.2 Å². The first-order chi connectivity index (χ1) is 8.17. The SMILES string of the molecule is CCNCC(COC)Oc1ccc(Br)c(F)c1. The molecule has 0 spiro atoms. The molecule has 17 heavy (non-hydrogen) atoms. The molecular formula is C12H17BrFNO2. The molecule has 0 saturated carbocycles. The van der Waals surface area contributed by atoms with Crippen LogP contribution < -0.4 is 10.1 Å². The molecule has 0 aliphatic rings. The summed E-state index contributed by atoms with van der Waals surface area (Å²) in [6.45, 7) is 4.01. The van der Waals surface area contributed by atoms with Crippen LogP contribution in [0.25, 0.3) is 0 Å². The predicted octanol–water partition coefficient (Wildman–Crippen LogP) is 2.59. The first kappa shape index (κ1) is 14.4. The average molecular weight is 306 g/mol. The fraction of sp³-hybridized carbons (Fsp3) is 0.500. The monoisotopic (exact) mass is 305 g/mol. The van der Waals surface area contributed by atoms with Crippen molar-refractivity contribution >= 4 is 15.9 Å². The fourth-order valence-electron chi connectivity index (χ4n) is 1.37. The third kappa shape index (κ3) is 5.02. The van der Waals surface area contributed by atoms with Crippen LogP contribution in [0.1, 0.15) is 6.92 Å². The minimum absolute atomic E-state index is 0.125. The van der Waals surface area contributed by atoms with Crippen molar-refractivity contribution in [3.05, 3.63) is 28.5 Å². The van der Waals surface area contributed by atoms with Crippen molar-refractivity contribution in [3.63, 3.8) is 0 Å². The topological polar surface area (TPSA) is 30.5 Å². The summed E-state index contributed by atoms with van der Waals surface area (Å²) in [6.07, 6.45) is -0.125. The van der Waals surface area contributed by atoms with Crippen LogP contribution in [0.2, 0.25) is 0 Å². The molecule has 1 unspecified atom stereocenters. The second-order valence-electron chi connectivity index (χ2n) is 3.58. The number of rotatable bonds is 7. The molecule has 1 aromatic rings. The summed E-state index contributed by atoms with van der Waals surface area (Å²) >= 11 is 3.10. The molecule has 1 atom stereocenters. The number of benzene rings is 1. The Morgan fingerprint density at radius 1 is 1.47 bits per heavy atom. The highest BCUT2D eigenvalue weighted by atomic mass is 79.9. The van der Waals surface area contributed by atoms with Crippen molar-refractivity contribution in [1.82, 2.24) is 5.32 Å². The van der Waals surface area contributed by atoms with Crippen molar-refractivity contribution < 1.29 is 13.9 Å². The summed E-state index contributed by atoms with van der Waals surface area (Å²) in [5.41, 5.74) is 0. The highest BCUT2D eigenvalue weighted by Crippen LogP contribution is 2.21. The normalized spacial score (nSPS) is 12.5. The first-order valence-corrected chi connectivity index (χ1v) is 6.28. The standard InChI is InChI=1S/C12H17BrFNO2/c1-3-15-7-10(8-16-2)17-9-4-5-11(13)12(14)6-9/h4-6,10,15H,3,7-8H2,1-2H3. The highest BCUT2D eigenvalue weighted by molar-refractivity contribution is 9.10. The third-order valence-electron chi connectivity index (χ3n) is 2.17. The molecule has 0 heterocycles. The Bertz CT molecular complexity index is 349. The van der Waals surface area contributed by atoms with Crippen LogP contribution in [0, 0.1) is 5.82 Å². The van der Waals surface area contributed by atoms with E-state index >= 15 is 0 Å². The summed E-state index contributed by atoms with van der Waals surface area (Å²) in [5, 5.41) is 3.17. The number of ether oxygens (including phenoxy) is 2. The van der Waals surface area contributed by atoms with Crippen LogP contribution >= 0.6 is 15.9 Å². The van der Waals surface area contributed by atoms with E-state index in [-0.39, 0.29) is 11.9 Å². The maximum Gasteiger partial charge on any atom is 0.141 e. The van der Waals surface area contributed by atoms with E-state index in [2.05, 4.69) is 21.2 Å². The molecule has 0 aliphatic heterocycles. The van der Waals surface area contributed by atoms with E-state index in [4.69, 9.17) is 9.47 Å². The zero-order valence-corrected chi connectivity index (χ0v) is 11.6. The number of likely N-dealkylation sites (N-methyl/N-ethyl adjacent to an activating group) is 1. The molecular weight excluding hydrogens is 289 g/mol. The molecule has 5 heteroatoms. The Morgan fingerprint density at radius 2 is 2.24 bits per heavy atom. The zero-order chi connectivity index (χ0) is 12.7. The van der Waals surface area contributed by atoms with Crippen LogP contribution in [0.4, 0.5) is 4.39 Å². The van der Waals surface area contributed by atoms with Crippen molar-refractivity contribution in [2.75, 3.05) is 26.8 Å². The van der Waals surface area contributed by atoms with Crippen LogP contribution in [0.5, 0.6) is 5.75 Å². The van der Waals surface area contributed by atoms with Crippen molar-refractivity contribution in [2.45, 2.75) is 13.0 Å². The Kier molecular flexibility index (Phi) is 6.47. The first-order valence-electron chi connectivity index (χ1n) is 5.48. The fourth-order valence-corrected chi connectivity index (χ4v) is 1.62. The van der Waals surface area contributed by atoms with Crippen LogP contribution in [0.3, 0.4) is 0 Å². The lowest BCUT2D eigenvalue weighted by atomic mass is 10.3. The van der Waals surface area contributed by atoms with Gasteiger partial charge in [-0.25, -0.2) is 4.39 Å². The highest BCUT2D eigenvalue weighted by Gasteiger charge is 2.10. The minimum atomic E-state index is -0.331. The molecule has 96 valence electrons. The molecule has 0 fully saturated rings. The molecule has 1 rings (SSSR count). The number of hydrogen-bond donors (Lipinski definition) is 1.